The monoisotopic (exact) mass is 363 g/mol. The fraction of sp³-hybridized carbons (Fsp3) is 0.421. The first-order valence-electron chi connectivity index (χ1n) is 8.65. The van der Waals surface area contributed by atoms with Crippen LogP contribution in [0.3, 0.4) is 0 Å². The summed E-state index contributed by atoms with van der Waals surface area (Å²) < 4.78 is 33.1. The molecule has 0 fully saturated rings. The molecule has 5 nitrogen and oxygen atoms in total. The maximum Gasteiger partial charge on any atom is 0.223 e. The quantitative estimate of drug-likeness (QED) is 0.370. The van der Waals surface area contributed by atoms with Gasteiger partial charge in [0.25, 0.3) is 0 Å². The summed E-state index contributed by atoms with van der Waals surface area (Å²) in [7, 11) is -4.17. The average molecular weight is 363 g/mol. The van der Waals surface area contributed by atoms with Crippen molar-refractivity contribution in [3.8, 4) is 11.1 Å². The summed E-state index contributed by atoms with van der Waals surface area (Å²) in [6.07, 6.45) is 8.58. The normalized spacial score (nSPS) is 11.4. The van der Waals surface area contributed by atoms with Gasteiger partial charge in [-0.05, 0) is 29.5 Å². The van der Waals surface area contributed by atoms with Crippen molar-refractivity contribution in [3.63, 3.8) is 0 Å². The molecule has 6 heteroatoms. The molecule has 0 saturated heterocycles. The molecule has 0 atom stereocenters. The Morgan fingerprint density at radius 1 is 0.960 bits per heavy atom. The van der Waals surface area contributed by atoms with E-state index < -0.39 is 15.9 Å². The fourth-order valence-electron chi connectivity index (χ4n) is 2.54. The minimum Gasteiger partial charge on any atom is -0.748 e. The maximum absolute atomic E-state index is 10.5. The van der Waals surface area contributed by atoms with Crippen LogP contribution < -0.4 is 9.57 Å². The molecule has 0 aliphatic rings. The molecule has 1 aromatic heterocycles. The first-order chi connectivity index (χ1) is 12.0. The summed E-state index contributed by atoms with van der Waals surface area (Å²) in [6, 6.07) is 12.5. The number of aryl methyl sites for hydroxylation is 1. The molecule has 0 spiro atoms. The van der Waals surface area contributed by atoms with Crippen LogP contribution in [-0.2, 0) is 16.5 Å². The molecule has 0 amide bonds. The van der Waals surface area contributed by atoms with Crippen molar-refractivity contribution in [1.29, 1.82) is 0 Å². The summed E-state index contributed by atoms with van der Waals surface area (Å²) in [5, 5.41) is 0. The van der Waals surface area contributed by atoms with E-state index >= 15 is 0 Å². The molecule has 0 radical (unpaired) electrons. The minimum absolute atomic E-state index is 0.179. The molecule has 0 saturated carbocycles. The second-order valence-corrected chi connectivity index (χ2v) is 7.57. The van der Waals surface area contributed by atoms with Gasteiger partial charge in [-0.15, -0.1) is 0 Å². The Bertz CT molecular complexity index is 740. The molecule has 0 bridgehead atoms. The number of rotatable bonds is 10. The van der Waals surface area contributed by atoms with Crippen LogP contribution in [0.5, 0.6) is 0 Å². The second-order valence-electron chi connectivity index (χ2n) is 6.05. The van der Waals surface area contributed by atoms with Gasteiger partial charge in [-0.2, -0.15) is 0 Å². The van der Waals surface area contributed by atoms with Crippen molar-refractivity contribution in [2.75, 3.05) is 12.4 Å². The van der Waals surface area contributed by atoms with Crippen molar-refractivity contribution in [2.45, 2.75) is 39.0 Å². The molecule has 25 heavy (non-hydrogen) atoms. The van der Waals surface area contributed by atoms with E-state index in [-0.39, 0.29) is 13.0 Å². The largest absolute Gasteiger partial charge is 0.748 e. The smallest absolute Gasteiger partial charge is 0.223 e. The van der Waals surface area contributed by atoms with Gasteiger partial charge in [-0.3, -0.25) is 4.84 Å². The summed E-state index contributed by atoms with van der Waals surface area (Å²) in [6.45, 7) is 2.39. The van der Waals surface area contributed by atoms with Crippen LogP contribution in [0.1, 0.15) is 38.2 Å². The fourth-order valence-corrected chi connectivity index (χ4v) is 3.01. The van der Waals surface area contributed by atoms with Crippen LogP contribution in [0.15, 0.2) is 48.8 Å². The number of aromatic nitrogens is 1. The van der Waals surface area contributed by atoms with Gasteiger partial charge in [0, 0.05) is 29.0 Å². The van der Waals surface area contributed by atoms with Crippen LogP contribution in [0, 0.1) is 0 Å². The third-order valence-corrected chi connectivity index (χ3v) is 4.73. The predicted octanol–water partition coefficient (Wildman–Crippen LogP) is 2.74. The number of unbranched alkanes of at least 4 members (excludes halogenated alkanes) is 2. The molecule has 1 heterocycles. The van der Waals surface area contributed by atoms with E-state index in [9.17, 15) is 13.0 Å². The molecule has 2 aromatic rings. The standard InChI is InChI=1S/C19H25NO4S/c1-2-3-4-6-17-7-9-18(10-8-17)19-11-13-20(14-12-19)24-15-5-16-25(21,22)23/h7-14H,2-6,15-16H2,1H3. The lowest BCUT2D eigenvalue weighted by atomic mass is 10.0. The average Bonchev–Trinajstić information content (AvgIpc) is 2.59. The highest BCUT2D eigenvalue weighted by Gasteiger charge is 2.05. The van der Waals surface area contributed by atoms with Crippen LogP contribution >= 0.6 is 0 Å². The lowest BCUT2D eigenvalue weighted by molar-refractivity contribution is -0.891. The molecule has 1 aromatic carbocycles. The zero-order valence-electron chi connectivity index (χ0n) is 14.6. The van der Waals surface area contributed by atoms with E-state index in [0.717, 1.165) is 17.5 Å². The van der Waals surface area contributed by atoms with Crippen LogP contribution in [0.2, 0.25) is 0 Å². The van der Waals surface area contributed by atoms with Crippen LogP contribution in [0.4, 0.5) is 0 Å². The molecular weight excluding hydrogens is 338 g/mol. The van der Waals surface area contributed by atoms with Crippen molar-refractivity contribution in [1.82, 2.24) is 0 Å². The highest BCUT2D eigenvalue weighted by atomic mass is 32.2. The summed E-state index contributed by atoms with van der Waals surface area (Å²) >= 11 is 0. The number of nitrogens with zero attached hydrogens (tertiary/aromatic N) is 1. The molecule has 0 aliphatic heterocycles. The first-order valence-corrected chi connectivity index (χ1v) is 10.2. The van der Waals surface area contributed by atoms with E-state index in [1.165, 1.54) is 29.6 Å². The first kappa shape index (κ1) is 19.4. The third-order valence-electron chi connectivity index (χ3n) is 3.94. The van der Waals surface area contributed by atoms with Crippen molar-refractivity contribution < 1.29 is 22.5 Å². The molecular formula is C19H25NO4S. The predicted molar refractivity (Wildman–Crippen MR) is 95.9 cm³/mol. The molecule has 2 rings (SSSR count). The lowest BCUT2D eigenvalue weighted by Gasteiger charge is -2.05. The second kappa shape index (κ2) is 9.53. The molecule has 0 unspecified atom stereocenters. The van der Waals surface area contributed by atoms with E-state index in [2.05, 4.69) is 31.2 Å². The summed E-state index contributed by atoms with van der Waals surface area (Å²) in [5.41, 5.74) is 3.59. The maximum atomic E-state index is 10.5. The van der Waals surface area contributed by atoms with Gasteiger partial charge in [0.2, 0.25) is 12.4 Å². The number of pyridine rings is 1. The number of hydrogen-bond acceptors (Lipinski definition) is 4. The molecule has 136 valence electrons. The van der Waals surface area contributed by atoms with Gasteiger partial charge in [0.05, 0.1) is 10.1 Å². The van der Waals surface area contributed by atoms with Crippen molar-refractivity contribution >= 4 is 10.1 Å². The van der Waals surface area contributed by atoms with Crippen molar-refractivity contribution in [3.05, 3.63) is 54.4 Å². The number of benzene rings is 1. The molecule has 0 aliphatic carbocycles. The van der Waals surface area contributed by atoms with E-state index in [0.29, 0.717) is 0 Å². The van der Waals surface area contributed by atoms with Crippen LogP contribution in [-0.4, -0.2) is 25.3 Å². The van der Waals surface area contributed by atoms with Gasteiger partial charge in [0.15, 0.2) is 6.61 Å². The zero-order chi connectivity index (χ0) is 18.1. The van der Waals surface area contributed by atoms with E-state index in [4.69, 9.17) is 4.84 Å². The van der Waals surface area contributed by atoms with E-state index in [1.54, 1.807) is 12.4 Å². The summed E-state index contributed by atoms with van der Waals surface area (Å²) in [4.78, 5) is 5.38. The Morgan fingerprint density at radius 3 is 2.20 bits per heavy atom. The van der Waals surface area contributed by atoms with Gasteiger partial charge >= 0.3 is 0 Å². The zero-order valence-corrected chi connectivity index (χ0v) is 15.4. The highest BCUT2D eigenvalue weighted by molar-refractivity contribution is 7.85. The Morgan fingerprint density at radius 2 is 1.60 bits per heavy atom. The van der Waals surface area contributed by atoms with Gasteiger partial charge < -0.3 is 4.55 Å². The Balaban J connectivity index is 1.86. The third kappa shape index (κ3) is 7.23. The topological polar surface area (TPSA) is 70.3 Å². The van der Waals surface area contributed by atoms with Crippen LogP contribution in [0.25, 0.3) is 11.1 Å². The van der Waals surface area contributed by atoms with Gasteiger partial charge in [0.1, 0.15) is 0 Å². The Hall–Kier alpha value is -1.92. The lowest BCUT2D eigenvalue weighted by Crippen LogP contribution is -2.42. The van der Waals surface area contributed by atoms with Crippen molar-refractivity contribution in [2.24, 2.45) is 0 Å². The Labute approximate surface area is 150 Å². The number of hydrogen-bond donors (Lipinski definition) is 0. The molecule has 0 N–H and O–H groups in total. The minimum atomic E-state index is -4.17. The highest BCUT2D eigenvalue weighted by Crippen LogP contribution is 2.19. The Kier molecular flexibility index (Phi) is 7.40. The summed E-state index contributed by atoms with van der Waals surface area (Å²) in [5.74, 6) is -0.406. The van der Waals surface area contributed by atoms with Gasteiger partial charge in [-0.1, -0.05) is 44.0 Å². The van der Waals surface area contributed by atoms with Gasteiger partial charge in [-0.25, -0.2) is 8.42 Å². The SMILES string of the molecule is CCCCCc1ccc(-c2cc[n+](OCCCS(=O)(=O)[O-])cc2)cc1. The van der Waals surface area contributed by atoms with E-state index in [1.807, 2.05) is 12.1 Å².